The summed E-state index contributed by atoms with van der Waals surface area (Å²) in [5, 5.41) is 11.2. The van der Waals surface area contributed by atoms with Crippen LogP contribution in [0.3, 0.4) is 0 Å². The van der Waals surface area contributed by atoms with E-state index in [1.54, 1.807) is 26.4 Å². The number of nitrogens with one attached hydrogen (secondary N) is 1. The lowest BCUT2D eigenvalue weighted by molar-refractivity contribution is -0.129. The van der Waals surface area contributed by atoms with E-state index in [0.29, 0.717) is 18.0 Å². The van der Waals surface area contributed by atoms with Crippen LogP contribution in [0.1, 0.15) is 5.56 Å². The number of ether oxygens (including phenoxy) is 2. The highest BCUT2D eigenvalue weighted by molar-refractivity contribution is 9.09. The Balaban J connectivity index is 2.06. The summed E-state index contributed by atoms with van der Waals surface area (Å²) in [5.41, 5.74) is 4.80. The molecule has 2 N–H and O–H groups in total. The molecule has 7 nitrogen and oxygen atoms in total. The van der Waals surface area contributed by atoms with Crippen molar-refractivity contribution in [1.29, 1.82) is 0 Å². The number of fused-ring (bicyclic) bond motifs is 1. The molecule has 2 aliphatic rings. The van der Waals surface area contributed by atoms with Gasteiger partial charge in [0.1, 0.15) is 11.9 Å². The minimum absolute atomic E-state index is 0.0284. The first-order chi connectivity index (χ1) is 11.0. The summed E-state index contributed by atoms with van der Waals surface area (Å²) < 4.78 is 10.6. The molecule has 23 heavy (non-hydrogen) atoms. The summed E-state index contributed by atoms with van der Waals surface area (Å²) in [5.74, 6) is 0.148. The van der Waals surface area contributed by atoms with Gasteiger partial charge >= 0.3 is 5.97 Å². The van der Waals surface area contributed by atoms with Crippen molar-refractivity contribution in [3.8, 4) is 11.5 Å². The molecule has 2 unspecified atom stereocenters. The highest BCUT2D eigenvalue weighted by Gasteiger charge is 2.37. The number of nitrogens with zero attached hydrogens (tertiary/aromatic N) is 2. The minimum atomic E-state index is -1.05. The predicted octanol–water partition coefficient (Wildman–Crippen LogP) is 1.49. The number of halogens is 1. The zero-order valence-electron chi connectivity index (χ0n) is 12.6. The van der Waals surface area contributed by atoms with Crippen molar-refractivity contribution in [3.05, 3.63) is 29.8 Å². The fourth-order valence-electron chi connectivity index (χ4n) is 2.63. The second-order valence-corrected chi connectivity index (χ2v) is 6.26. The number of aliphatic carboxylic acids is 1. The van der Waals surface area contributed by atoms with Crippen molar-refractivity contribution >= 4 is 33.3 Å². The maximum absolute atomic E-state index is 11.4. The third-order valence-corrected chi connectivity index (χ3v) is 4.54. The average Bonchev–Trinajstić information content (AvgIpc) is 2.94. The van der Waals surface area contributed by atoms with E-state index in [2.05, 4.69) is 26.3 Å². The number of carbonyl (C=O) groups is 1. The monoisotopic (exact) mass is 381 g/mol. The number of hydrazine groups is 1. The van der Waals surface area contributed by atoms with Crippen molar-refractivity contribution in [2.24, 2.45) is 4.99 Å². The quantitative estimate of drug-likeness (QED) is 0.768. The summed E-state index contributed by atoms with van der Waals surface area (Å²) in [4.78, 5) is 15.7. The second-order valence-electron chi connectivity index (χ2n) is 5.08. The number of carboxylic acids is 1. The van der Waals surface area contributed by atoms with Crippen LogP contribution in [-0.4, -0.2) is 53.6 Å². The molecule has 2 heterocycles. The van der Waals surface area contributed by atoms with Gasteiger partial charge in [0.15, 0.2) is 11.5 Å². The topological polar surface area (TPSA) is 83.4 Å². The van der Waals surface area contributed by atoms with Crippen LogP contribution < -0.4 is 14.9 Å². The number of rotatable bonds is 4. The molecule has 1 aromatic rings. The zero-order valence-corrected chi connectivity index (χ0v) is 14.2. The van der Waals surface area contributed by atoms with Gasteiger partial charge in [-0.05, 0) is 24.3 Å². The molecule has 122 valence electrons. The first kappa shape index (κ1) is 15.8. The number of carboxylic acid groups (broad SMARTS) is 1. The van der Waals surface area contributed by atoms with Gasteiger partial charge in [-0.2, -0.15) is 0 Å². The third kappa shape index (κ3) is 2.79. The second kappa shape index (κ2) is 6.21. The molecule has 0 radical (unpaired) electrons. The van der Waals surface area contributed by atoms with Gasteiger partial charge in [0.05, 0.1) is 24.7 Å². The maximum atomic E-state index is 11.4. The fraction of sp³-hybridized carbons (Fsp3) is 0.333. The van der Waals surface area contributed by atoms with E-state index >= 15 is 0 Å². The standard InChI is InChI=1S/C15H16BrN3O4/c1-22-12-4-3-8(5-13(12)23-2)11-6-10(15(20)21)18-14-9(16)7-17-19(11)14/h3-6,9,14,17H,7H2,1-2H3,(H,20,21). The van der Waals surface area contributed by atoms with Crippen LogP contribution in [0.15, 0.2) is 29.3 Å². The van der Waals surface area contributed by atoms with E-state index in [0.717, 1.165) is 11.3 Å². The molecule has 0 aromatic heterocycles. The highest BCUT2D eigenvalue weighted by Crippen LogP contribution is 2.35. The Bertz CT molecular complexity index is 704. The average molecular weight is 382 g/mol. The van der Waals surface area contributed by atoms with Gasteiger partial charge in [0.25, 0.3) is 0 Å². The van der Waals surface area contributed by atoms with E-state index in [1.807, 2.05) is 17.1 Å². The normalized spacial score (nSPS) is 23.0. The van der Waals surface area contributed by atoms with E-state index in [1.165, 1.54) is 0 Å². The van der Waals surface area contributed by atoms with Crippen LogP contribution in [0.5, 0.6) is 11.5 Å². The summed E-state index contributed by atoms with van der Waals surface area (Å²) in [6.45, 7) is 0.658. The summed E-state index contributed by atoms with van der Waals surface area (Å²) in [7, 11) is 3.13. The molecule has 3 rings (SSSR count). The van der Waals surface area contributed by atoms with E-state index in [9.17, 15) is 9.90 Å². The Morgan fingerprint density at radius 3 is 2.78 bits per heavy atom. The van der Waals surface area contributed by atoms with Crippen molar-refractivity contribution < 1.29 is 19.4 Å². The Kier molecular flexibility index (Phi) is 4.27. The predicted molar refractivity (Wildman–Crippen MR) is 88.9 cm³/mol. The molecule has 1 fully saturated rings. The molecule has 0 aliphatic carbocycles. The maximum Gasteiger partial charge on any atom is 0.354 e. The lowest BCUT2D eigenvalue weighted by Gasteiger charge is -2.30. The van der Waals surface area contributed by atoms with Crippen LogP contribution in [0.4, 0.5) is 0 Å². The summed E-state index contributed by atoms with van der Waals surface area (Å²) in [6.07, 6.45) is 1.24. The van der Waals surface area contributed by atoms with E-state index in [-0.39, 0.29) is 16.7 Å². The molecule has 0 bridgehead atoms. The highest BCUT2D eigenvalue weighted by atomic mass is 79.9. The molecular formula is C15H16BrN3O4. The smallest absolute Gasteiger partial charge is 0.354 e. The van der Waals surface area contributed by atoms with Crippen molar-refractivity contribution in [1.82, 2.24) is 10.4 Å². The molecule has 8 heteroatoms. The fourth-order valence-corrected chi connectivity index (χ4v) is 3.13. The minimum Gasteiger partial charge on any atom is -0.493 e. The number of aliphatic imine (C=N–C) groups is 1. The van der Waals surface area contributed by atoms with E-state index < -0.39 is 5.97 Å². The molecule has 1 aromatic carbocycles. The summed E-state index contributed by atoms with van der Waals surface area (Å²) >= 11 is 3.53. The van der Waals surface area contributed by atoms with Crippen LogP contribution in [-0.2, 0) is 4.79 Å². The first-order valence-corrected chi connectivity index (χ1v) is 7.88. The van der Waals surface area contributed by atoms with Crippen LogP contribution in [0, 0.1) is 0 Å². The molecule has 0 saturated carbocycles. The number of benzene rings is 1. The van der Waals surface area contributed by atoms with Crippen molar-refractivity contribution in [2.45, 2.75) is 11.0 Å². The summed E-state index contributed by atoms with van der Waals surface area (Å²) in [6, 6.07) is 5.46. The van der Waals surface area contributed by atoms with Gasteiger partial charge < -0.3 is 14.6 Å². The third-order valence-electron chi connectivity index (χ3n) is 3.75. The largest absolute Gasteiger partial charge is 0.493 e. The lowest BCUT2D eigenvalue weighted by atomic mass is 10.1. The Morgan fingerprint density at radius 1 is 1.39 bits per heavy atom. The van der Waals surface area contributed by atoms with Gasteiger partial charge in [-0.15, -0.1) is 0 Å². The number of hydrogen-bond acceptors (Lipinski definition) is 6. The van der Waals surface area contributed by atoms with Crippen molar-refractivity contribution in [3.63, 3.8) is 0 Å². The van der Waals surface area contributed by atoms with Gasteiger partial charge in [-0.3, -0.25) is 10.0 Å². The number of hydrogen-bond donors (Lipinski definition) is 2. The van der Waals surface area contributed by atoms with Gasteiger partial charge in [0.2, 0.25) is 0 Å². The molecule has 0 spiro atoms. The first-order valence-electron chi connectivity index (χ1n) is 6.97. The Morgan fingerprint density at radius 2 is 2.13 bits per heavy atom. The molecule has 2 atom stereocenters. The van der Waals surface area contributed by atoms with Crippen molar-refractivity contribution in [2.75, 3.05) is 20.8 Å². The molecule has 2 aliphatic heterocycles. The van der Waals surface area contributed by atoms with Crippen LogP contribution >= 0.6 is 15.9 Å². The van der Waals surface area contributed by atoms with E-state index in [4.69, 9.17) is 9.47 Å². The molecule has 1 saturated heterocycles. The van der Waals surface area contributed by atoms with Gasteiger partial charge in [-0.1, -0.05) is 15.9 Å². The number of methoxy groups -OCH3 is 2. The van der Waals surface area contributed by atoms with Gasteiger partial charge in [0, 0.05) is 12.1 Å². The SMILES string of the molecule is COc1ccc(C2=CC(C(=O)O)=NC3C(Br)CNN23)cc1OC. The Hall–Kier alpha value is -2.06. The van der Waals surface area contributed by atoms with Crippen LogP contribution in [0.2, 0.25) is 0 Å². The lowest BCUT2D eigenvalue weighted by Crippen LogP contribution is -2.40. The Labute approximate surface area is 141 Å². The van der Waals surface area contributed by atoms with Gasteiger partial charge in [-0.25, -0.2) is 10.2 Å². The molecular weight excluding hydrogens is 366 g/mol. The van der Waals surface area contributed by atoms with Crippen LogP contribution in [0.25, 0.3) is 5.70 Å². The molecule has 0 amide bonds. The zero-order chi connectivity index (χ0) is 16.6. The number of alkyl halides is 1.